The zero-order valence-corrected chi connectivity index (χ0v) is 14.7. The summed E-state index contributed by atoms with van der Waals surface area (Å²) in [7, 11) is 0. The number of hydrogen-bond acceptors (Lipinski definition) is 3. The van der Waals surface area contributed by atoms with Crippen LogP contribution in [0.5, 0.6) is 0 Å². The number of carbonyl (C=O) groups is 1. The summed E-state index contributed by atoms with van der Waals surface area (Å²) in [6, 6.07) is 30.6. The number of hydroxylamine groups is 1. The summed E-state index contributed by atoms with van der Waals surface area (Å²) in [6.07, 6.45) is 0.0984. The largest absolute Gasteiger partial charge is 0.297 e. The fraction of sp³-hybridized carbons (Fsp3) is 0.174. The first kappa shape index (κ1) is 16.6. The van der Waals surface area contributed by atoms with Crippen LogP contribution in [0.15, 0.2) is 91.0 Å². The highest BCUT2D eigenvalue weighted by Gasteiger charge is 2.51. The fourth-order valence-electron chi connectivity index (χ4n) is 3.73. The third-order valence-electron chi connectivity index (χ3n) is 5.01. The van der Waals surface area contributed by atoms with E-state index in [0.29, 0.717) is 6.42 Å². The molecule has 0 N–H and O–H groups in total. The van der Waals surface area contributed by atoms with E-state index < -0.39 is 11.6 Å². The third kappa shape index (κ3) is 2.71. The molecule has 1 saturated heterocycles. The number of carbonyl (C=O) groups excluding carboxylic acids is 1. The number of Topliss-reactive ketones (excluding diaryl/α,β-unsaturated/α-hetero) is 1. The zero-order chi connectivity index (χ0) is 18.0. The number of benzene rings is 3. The minimum Gasteiger partial charge on any atom is -0.297 e. The average Bonchev–Trinajstić information content (AvgIpc) is 3.12. The summed E-state index contributed by atoms with van der Waals surface area (Å²) in [5, 5.41) is 1.92. The molecular formula is C23H21NO2. The van der Waals surface area contributed by atoms with Crippen LogP contribution in [0.1, 0.15) is 24.5 Å². The summed E-state index contributed by atoms with van der Waals surface area (Å²) in [6.45, 7) is 1.60. The standard InChI is InChI=1S/C23H21NO2/c1-18(25)22-17-23(19-11-5-2-6-12-19,20-13-7-3-8-14-20)24(26-22)21-15-9-4-10-16-21/h2-16,22H,17H2,1H3. The first-order valence-corrected chi connectivity index (χ1v) is 8.85. The molecule has 0 radical (unpaired) electrons. The molecule has 1 aliphatic rings. The minimum absolute atomic E-state index is 0.0414. The van der Waals surface area contributed by atoms with E-state index in [-0.39, 0.29) is 5.78 Å². The number of para-hydroxylation sites is 1. The molecule has 3 aromatic rings. The second-order valence-electron chi connectivity index (χ2n) is 6.63. The molecule has 130 valence electrons. The summed E-state index contributed by atoms with van der Waals surface area (Å²) < 4.78 is 0. The molecule has 1 heterocycles. The zero-order valence-electron chi connectivity index (χ0n) is 14.7. The number of nitrogens with zero attached hydrogens (tertiary/aromatic N) is 1. The highest BCUT2D eigenvalue weighted by atomic mass is 16.7. The second kappa shape index (κ2) is 6.77. The van der Waals surface area contributed by atoms with Crippen molar-refractivity contribution < 1.29 is 9.63 Å². The van der Waals surface area contributed by atoms with Crippen molar-refractivity contribution in [2.45, 2.75) is 25.0 Å². The lowest BCUT2D eigenvalue weighted by Crippen LogP contribution is -2.41. The Labute approximate surface area is 153 Å². The van der Waals surface area contributed by atoms with Crippen molar-refractivity contribution in [1.29, 1.82) is 0 Å². The lowest BCUT2D eigenvalue weighted by atomic mass is 9.78. The second-order valence-corrected chi connectivity index (χ2v) is 6.63. The van der Waals surface area contributed by atoms with Crippen molar-refractivity contribution in [2.24, 2.45) is 0 Å². The van der Waals surface area contributed by atoms with Gasteiger partial charge in [0.15, 0.2) is 5.78 Å². The lowest BCUT2D eigenvalue weighted by molar-refractivity contribution is -0.126. The molecule has 0 spiro atoms. The van der Waals surface area contributed by atoms with E-state index >= 15 is 0 Å². The minimum atomic E-state index is -0.555. The fourth-order valence-corrected chi connectivity index (χ4v) is 3.73. The number of hydrogen-bond donors (Lipinski definition) is 0. The smallest absolute Gasteiger partial charge is 0.161 e. The van der Waals surface area contributed by atoms with Gasteiger partial charge in [0, 0.05) is 6.42 Å². The van der Waals surface area contributed by atoms with E-state index in [4.69, 9.17) is 4.84 Å². The van der Waals surface area contributed by atoms with Crippen LogP contribution in [0.25, 0.3) is 0 Å². The Kier molecular flexibility index (Phi) is 4.31. The van der Waals surface area contributed by atoms with Crippen LogP contribution in [-0.2, 0) is 15.2 Å². The van der Waals surface area contributed by atoms with Crippen molar-refractivity contribution in [3.8, 4) is 0 Å². The lowest BCUT2D eigenvalue weighted by Gasteiger charge is -2.38. The Bertz CT molecular complexity index is 838. The number of rotatable bonds is 4. The molecule has 3 aromatic carbocycles. The summed E-state index contributed by atoms with van der Waals surface area (Å²) in [4.78, 5) is 18.4. The van der Waals surface area contributed by atoms with Crippen LogP contribution in [0.4, 0.5) is 5.69 Å². The predicted molar refractivity (Wildman–Crippen MR) is 103 cm³/mol. The molecule has 0 amide bonds. The highest BCUT2D eigenvalue weighted by Crippen LogP contribution is 2.48. The summed E-state index contributed by atoms with van der Waals surface area (Å²) >= 11 is 0. The molecule has 0 bridgehead atoms. The molecule has 4 rings (SSSR count). The summed E-state index contributed by atoms with van der Waals surface area (Å²) in [5.41, 5.74) is 2.60. The van der Waals surface area contributed by atoms with Gasteiger partial charge in [-0.15, -0.1) is 0 Å². The van der Waals surface area contributed by atoms with Gasteiger partial charge in [0.1, 0.15) is 11.6 Å². The molecule has 1 aliphatic heterocycles. The molecule has 0 aliphatic carbocycles. The first-order valence-electron chi connectivity index (χ1n) is 8.85. The Balaban J connectivity index is 1.96. The number of ketones is 1. The van der Waals surface area contributed by atoms with Crippen LogP contribution in [0.2, 0.25) is 0 Å². The predicted octanol–water partition coefficient (Wildman–Crippen LogP) is 4.73. The third-order valence-corrected chi connectivity index (χ3v) is 5.01. The molecule has 0 saturated carbocycles. The van der Waals surface area contributed by atoms with Crippen LogP contribution in [-0.4, -0.2) is 11.9 Å². The monoisotopic (exact) mass is 343 g/mol. The maximum Gasteiger partial charge on any atom is 0.161 e. The van der Waals surface area contributed by atoms with Gasteiger partial charge in [-0.25, -0.2) is 5.06 Å². The molecule has 1 fully saturated rings. The van der Waals surface area contributed by atoms with Crippen LogP contribution >= 0.6 is 0 Å². The van der Waals surface area contributed by atoms with Crippen molar-refractivity contribution in [3.05, 3.63) is 102 Å². The van der Waals surface area contributed by atoms with Gasteiger partial charge < -0.3 is 0 Å². The molecule has 3 nitrogen and oxygen atoms in total. The van der Waals surface area contributed by atoms with E-state index in [2.05, 4.69) is 24.3 Å². The van der Waals surface area contributed by atoms with E-state index in [9.17, 15) is 4.79 Å². The molecular weight excluding hydrogens is 322 g/mol. The topological polar surface area (TPSA) is 29.5 Å². The molecule has 1 atom stereocenters. The quantitative estimate of drug-likeness (QED) is 0.686. The Morgan fingerprint density at radius 1 is 0.846 bits per heavy atom. The Morgan fingerprint density at radius 2 is 1.31 bits per heavy atom. The average molecular weight is 343 g/mol. The van der Waals surface area contributed by atoms with E-state index in [0.717, 1.165) is 16.8 Å². The van der Waals surface area contributed by atoms with E-state index in [1.165, 1.54) is 0 Å². The molecule has 26 heavy (non-hydrogen) atoms. The van der Waals surface area contributed by atoms with Crippen LogP contribution in [0.3, 0.4) is 0 Å². The van der Waals surface area contributed by atoms with Gasteiger partial charge in [-0.3, -0.25) is 9.63 Å². The Morgan fingerprint density at radius 3 is 1.77 bits per heavy atom. The van der Waals surface area contributed by atoms with Gasteiger partial charge in [0.25, 0.3) is 0 Å². The molecule has 1 unspecified atom stereocenters. The van der Waals surface area contributed by atoms with Gasteiger partial charge in [0.2, 0.25) is 0 Å². The SMILES string of the molecule is CC(=O)C1CC(c2ccccc2)(c2ccccc2)N(c2ccccc2)O1. The van der Waals surface area contributed by atoms with Gasteiger partial charge in [-0.05, 0) is 30.2 Å². The Hall–Kier alpha value is -2.91. The van der Waals surface area contributed by atoms with Gasteiger partial charge in [0.05, 0.1) is 5.69 Å². The van der Waals surface area contributed by atoms with Crippen molar-refractivity contribution in [3.63, 3.8) is 0 Å². The van der Waals surface area contributed by atoms with Gasteiger partial charge in [-0.1, -0.05) is 78.9 Å². The van der Waals surface area contributed by atoms with E-state index in [1.807, 2.05) is 71.8 Å². The highest BCUT2D eigenvalue weighted by molar-refractivity contribution is 5.82. The first-order chi connectivity index (χ1) is 12.7. The normalized spacial score (nSPS) is 18.7. The van der Waals surface area contributed by atoms with Crippen molar-refractivity contribution >= 4 is 11.5 Å². The summed E-state index contributed by atoms with van der Waals surface area (Å²) in [5.74, 6) is 0.0414. The molecule has 0 aromatic heterocycles. The number of anilines is 1. The van der Waals surface area contributed by atoms with Crippen LogP contribution in [0, 0.1) is 0 Å². The maximum atomic E-state index is 12.2. The van der Waals surface area contributed by atoms with Crippen LogP contribution < -0.4 is 5.06 Å². The van der Waals surface area contributed by atoms with E-state index in [1.54, 1.807) is 6.92 Å². The van der Waals surface area contributed by atoms with Gasteiger partial charge in [-0.2, -0.15) is 0 Å². The molecule has 3 heteroatoms. The van der Waals surface area contributed by atoms with Gasteiger partial charge >= 0.3 is 0 Å². The maximum absolute atomic E-state index is 12.2. The van der Waals surface area contributed by atoms with Crippen molar-refractivity contribution in [2.75, 3.05) is 5.06 Å². The van der Waals surface area contributed by atoms with Crippen molar-refractivity contribution in [1.82, 2.24) is 0 Å².